The van der Waals surface area contributed by atoms with Crippen LogP contribution in [0.5, 0.6) is 0 Å². The van der Waals surface area contributed by atoms with Gasteiger partial charge in [0.05, 0.1) is 7.11 Å². The Morgan fingerprint density at radius 3 is 2.87 bits per heavy atom. The Labute approximate surface area is 100.0 Å². The lowest BCUT2D eigenvalue weighted by Crippen LogP contribution is -1.99. The van der Waals surface area contributed by atoms with Crippen LogP contribution in [0.25, 0.3) is 10.1 Å². The van der Waals surface area contributed by atoms with Crippen LogP contribution in [0.3, 0.4) is 0 Å². The van der Waals surface area contributed by atoms with Gasteiger partial charge < -0.3 is 4.74 Å². The fraction of sp³-hybridized carbons (Fsp3) is 0.182. The monoisotopic (exact) mass is 284 g/mol. The molecule has 0 aliphatic carbocycles. The highest BCUT2D eigenvalue weighted by atomic mass is 79.9. The molecule has 0 amide bonds. The third-order valence-corrected chi connectivity index (χ3v) is 4.02. The molecule has 2 rings (SSSR count). The van der Waals surface area contributed by atoms with Gasteiger partial charge in [-0.15, -0.1) is 11.3 Å². The van der Waals surface area contributed by atoms with Gasteiger partial charge in [0.25, 0.3) is 0 Å². The summed E-state index contributed by atoms with van der Waals surface area (Å²) < 4.78 is 6.86. The summed E-state index contributed by atoms with van der Waals surface area (Å²) in [6, 6.07) is 6.00. The summed E-state index contributed by atoms with van der Waals surface area (Å²) in [4.78, 5) is 12.2. The minimum atomic E-state index is -0.259. The highest BCUT2D eigenvalue weighted by Crippen LogP contribution is 2.32. The van der Waals surface area contributed by atoms with E-state index < -0.39 is 0 Å². The Bertz CT molecular complexity index is 531. The number of carbonyl (C=O) groups excluding carboxylic acids is 1. The first-order valence-electron chi connectivity index (χ1n) is 4.40. The van der Waals surface area contributed by atoms with Crippen LogP contribution in [-0.4, -0.2) is 13.1 Å². The normalized spacial score (nSPS) is 10.6. The van der Waals surface area contributed by atoms with Gasteiger partial charge in [0.2, 0.25) is 0 Å². The summed E-state index contributed by atoms with van der Waals surface area (Å²) in [6.45, 7) is 1.94. The molecule has 0 N–H and O–H groups in total. The zero-order chi connectivity index (χ0) is 11.0. The van der Waals surface area contributed by atoms with Crippen LogP contribution < -0.4 is 0 Å². The number of halogens is 1. The van der Waals surface area contributed by atoms with Gasteiger partial charge in [0.1, 0.15) is 4.88 Å². The molecule has 0 spiro atoms. The van der Waals surface area contributed by atoms with E-state index in [0.717, 1.165) is 20.1 Å². The average Bonchev–Trinajstić information content (AvgIpc) is 2.55. The van der Waals surface area contributed by atoms with E-state index in [1.807, 2.05) is 25.1 Å². The van der Waals surface area contributed by atoms with Crippen LogP contribution in [0.4, 0.5) is 0 Å². The van der Waals surface area contributed by atoms with Gasteiger partial charge in [0, 0.05) is 9.17 Å². The van der Waals surface area contributed by atoms with Crippen molar-refractivity contribution in [1.29, 1.82) is 0 Å². The maximum absolute atomic E-state index is 11.5. The number of ether oxygens (including phenoxy) is 1. The maximum Gasteiger partial charge on any atom is 0.348 e. The second-order valence-electron chi connectivity index (χ2n) is 3.19. The van der Waals surface area contributed by atoms with Gasteiger partial charge in [-0.1, -0.05) is 15.9 Å². The Morgan fingerprint density at radius 1 is 1.47 bits per heavy atom. The molecular weight excluding hydrogens is 276 g/mol. The molecule has 78 valence electrons. The van der Waals surface area contributed by atoms with E-state index in [2.05, 4.69) is 15.9 Å². The third-order valence-electron chi connectivity index (χ3n) is 2.27. The Hall–Kier alpha value is -0.870. The summed E-state index contributed by atoms with van der Waals surface area (Å²) in [7, 11) is 1.40. The lowest BCUT2D eigenvalue weighted by atomic mass is 10.1. The molecule has 0 fully saturated rings. The SMILES string of the molecule is COC(=O)c1sc2ccc(Br)cc2c1C. The maximum atomic E-state index is 11.5. The van der Waals surface area contributed by atoms with Crippen LogP contribution in [0.2, 0.25) is 0 Å². The number of hydrogen-bond acceptors (Lipinski definition) is 3. The van der Waals surface area contributed by atoms with Gasteiger partial charge in [-0.3, -0.25) is 0 Å². The van der Waals surface area contributed by atoms with Gasteiger partial charge in [-0.2, -0.15) is 0 Å². The Morgan fingerprint density at radius 2 is 2.20 bits per heavy atom. The first-order chi connectivity index (χ1) is 7.13. The van der Waals surface area contributed by atoms with Crippen molar-refractivity contribution < 1.29 is 9.53 Å². The molecule has 0 aliphatic heterocycles. The molecule has 15 heavy (non-hydrogen) atoms. The highest BCUT2D eigenvalue weighted by molar-refractivity contribution is 9.10. The van der Waals surface area contributed by atoms with E-state index in [0.29, 0.717) is 4.88 Å². The van der Waals surface area contributed by atoms with E-state index in [9.17, 15) is 4.79 Å². The molecule has 1 aromatic carbocycles. The number of fused-ring (bicyclic) bond motifs is 1. The first-order valence-corrected chi connectivity index (χ1v) is 6.01. The van der Waals surface area contributed by atoms with E-state index in [4.69, 9.17) is 4.74 Å². The van der Waals surface area contributed by atoms with Crippen LogP contribution in [0.1, 0.15) is 15.2 Å². The molecule has 0 atom stereocenters. The van der Waals surface area contributed by atoms with E-state index in [-0.39, 0.29) is 5.97 Å². The smallest absolute Gasteiger partial charge is 0.348 e. The van der Waals surface area contributed by atoms with E-state index in [1.165, 1.54) is 18.4 Å². The minimum absolute atomic E-state index is 0.259. The number of benzene rings is 1. The van der Waals surface area contributed by atoms with Crippen LogP contribution in [0, 0.1) is 6.92 Å². The molecule has 0 unspecified atom stereocenters. The standard InChI is InChI=1S/C11H9BrO2S/c1-6-8-5-7(12)3-4-9(8)15-10(6)11(13)14-2/h3-5H,1-2H3. The second kappa shape index (κ2) is 3.94. The van der Waals surface area contributed by atoms with Crippen molar-refractivity contribution in [1.82, 2.24) is 0 Å². The number of carbonyl (C=O) groups is 1. The van der Waals surface area contributed by atoms with Gasteiger partial charge in [-0.05, 0) is 36.1 Å². The quantitative estimate of drug-likeness (QED) is 0.746. The fourth-order valence-electron chi connectivity index (χ4n) is 1.48. The summed E-state index contributed by atoms with van der Waals surface area (Å²) in [5, 5.41) is 1.11. The van der Waals surface area contributed by atoms with E-state index >= 15 is 0 Å². The summed E-state index contributed by atoms with van der Waals surface area (Å²) in [5.74, 6) is -0.259. The van der Waals surface area contributed by atoms with Gasteiger partial charge in [0.15, 0.2) is 0 Å². The Balaban J connectivity index is 2.69. The zero-order valence-corrected chi connectivity index (χ0v) is 10.7. The van der Waals surface area contributed by atoms with Gasteiger partial charge in [-0.25, -0.2) is 4.79 Å². The molecule has 1 aromatic heterocycles. The number of aryl methyl sites for hydroxylation is 1. The third kappa shape index (κ3) is 1.79. The van der Waals surface area contributed by atoms with Crippen molar-refractivity contribution in [2.24, 2.45) is 0 Å². The second-order valence-corrected chi connectivity index (χ2v) is 5.16. The molecule has 0 bridgehead atoms. The minimum Gasteiger partial charge on any atom is -0.465 e. The first kappa shape index (κ1) is 10.6. The van der Waals surface area contributed by atoms with E-state index in [1.54, 1.807) is 0 Å². The summed E-state index contributed by atoms with van der Waals surface area (Å²) >= 11 is 4.89. The lowest BCUT2D eigenvalue weighted by molar-refractivity contribution is 0.0605. The average molecular weight is 285 g/mol. The number of rotatable bonds is 1. The van der Waals surface area contributed by atoms with Gasteiger partial charge >= 0.3 is 5.97 Å². The molecule has 0 aliphatic rings. The molecule has 0 saturated heterocycles. The molecular formula is C11H9BrO2S. The molecule has 2 aromatic rings. The fourth-order valence-corrected chi connectivity index (χ4v) is 2.95. The van der Waals surface area contributed by atoms with Crippen molar-refractivity contribution in [3.05, 3.63) is 33.1 Å². The predicted octanol–water partition coefficient (Wildman–Crippen LogP) is 3.76. The van der Waals surface area contributed by atoms with Crippen molar-refractivity contribution in [2.45, 2.75) is 6.92 Å². The van der Waals surface area contributed by atoms with Crippen LogP contribution >= 0.6 is 27.3 Å². The zero-order valence-electron chi connectivity index (χ0n) is 8.33. The van der Waals surface area contributed by atoms with Crippen molar-refractivity contribution in [3.8, 4) is 0 Å². The highest BCUT2D eigenvalue weighted by Gasteiger charge is 2.15. The predicted molar refractivity (Wildman–Crippen MR) is 65.6 cm³/mol. The largest absolute Gasteiger partial charge is 0.465 e. The molecule has 4 heteroatoms. The van der Waals surface area contributed by atoms with Crippen molar-refractivity contribution in [2.75, 3.05) is 7.11 Å². The number of methoxy groups -OCH3 is 1. The molecule has 0 radical (unpaired) electrons. The lowest BCUT2D eigenvalue weighted by Gasteiger charge is -1.96. The molecule has 2 nitrogen and oxygen atoms in total. The number of esters is 1. The summed E-state index contributed by atoms with van der Waals surface area (Å²) in [6.07, 6.45) is 0. The van der Waals surface area contributed by atoms with Crippen LogP contribution in [-0.2, 0) is 4.74 Å². The topological polar surface area (TPSA) is 26.3 Å². The van der Waals surface area contributed by atoms with Crippen molar-refractivity contribution in [3.63, 3.8) is 0 Å². The molecule has 0 saturated carbocycles. The van der Waals surface area contributed by atoms with Crippen LogP contribution in [0.15, 0.2) is 22.7 Å². The molecule has 1 heterocycles. The number of hydrogen-bond donors (Lipinski definition) is 0. The van der Waals surface area contributed by atoms with Crippen molar-refractivity contribution >= 4 is 43.3 Å². The number of thiophene rings is 1. The Kier molecular flexibility index (Phi) is 2.80. The summed E-state index contributed by atoms with van der Waals surface area (Å²) in [5.41, 5.74) is 0.989.